The quantitative estimate of drug-likeness (QED) is 0.468. The largest absolute Gasteiger partial charge is 0.454 e. The summed E-state index contributed by atoms with van der Waals surface area (Å²) in [6.45, 7) is 2.46. The number of benzene rings is 1. The molecule has 1 heterocycles. The average Bonchev–Trinajstić information content (AvgIpc) is 2.71. The Bertz CT molecular complexity index is 997. The maximum absolute atomic E-state index is 13.0. The summed E-state index contributed by atoms with van der Waals surface area (Å²) in [5, 5.41) is 4.13. The number of carbonyl (C=O) groups is 3. The topological polar surface area (TPSA) is 97.4 Å². The van der Waals surface area contributed by atoms with E-state index in [0.29, 0.717) is 12.3 Å². The van der Waals surface area contributed by atoms with Crippen LogP contribution in [0.2, 0.25) is 5.02 Å². The lowest BCUT2D eigenvalue weighted by atomic mass is 10.0. The number of hydrogen-bond donors (Lipinski definition) is 2. The van der Waals surface area contributed by atoms with Crippen molar-refractivity contribution in [3.63, 3.8) is 0 Å². The summed E-state index contributed by atoms with van der Waals surface area (Å²) in [5.74, 6) is -3.76. The van der Waals surface area contributed by atoms with Gasteiger partial charge in [-0.15, -0.1) is 0 Å². The minimum Gasteiger partial charge on any atom is -0.454 e. The van der Waals surface area contributed by atoms with Gasteiger partial charge in [0.25, 0.3) is 11.8 Å². The summed E-state index contributed by atoms with van der Waals surface area (Å²) in [5.41, 5.74) is -0.978. The molecule has 7 nitrogen and oxygen atoms in total. The molecule has 172 valence electrons. The Morgan fingerprint density at radius 3 is 2.31 bits per heavy atom. The number of anilines is 1. The maximum Gasteiger partial charge on any atom is 0.417 e. The van der Waals surface area contributed by atoms with Crippen molar-refractivity contribution in [2.24, 2.45) is 5.92 Å². The minimum absolute atomic E-state index is 0.116. The van der Waals surface area contributed by atoms with Crippen molar-refractivity contribution in [1.82, 2.24) is 10.3 Å². The van der Waals surface area contributed by atoms with Crippen LogP contribution in [0, 0.1) is 11.7 Å². The van der Waals surface area contributed by atoms with Gasteiger partial charge in [0.1, 0.15) is 11.9 Å². The van der Waals surface area contributed by atoms with Gasteiger partial charge in [0.05, 0.1) is 10.6 Å². The highest BCUT2D eigenvalue weighted by Crippen LogP contribution is 2.32. The Morgan fingerprint density at radius 2 is 1.78 bits per heavy atom. The first-order chi connectivity index (χ1) is 14.9. The van der Waals surface area contributed by atoms with Gasteiger partial charge in [-0.25, -0.2) is 14.2 Å². The number of pyridine rings is 1. The third-order valence-corrected chi connectivity index (χ3v) is 4.37. The molecular formula is C20H18ClF4N3O4. The standard InChI is InChI=1S/C20H18ClF4N3O4/c1-10(2)16(28-18(30)11-3-5-13(22)6-4-11)19(31)32-9-15(29)27-17-14(21)7-12(8-26-17)20(23,24)25/h3-8,10,16H,9H2,1-2H3,(H,28,30)(H,26,27,29)/t16-/m0/s1. The molecule has 2 rings (SSSR count). The molecule has 0 fully saturated rings. The second kappa shape index (κ2) is 10.4. The van der Waals surface area contributed by atoms with Crippen molar-refractivity contribution in [3.8, 4) is 0 Å². The van der Waals surface area contributed by atoms with Gasteiger partial charge in [-0.3, -0.25) is 9.59 Å². The Morgan fingerprint density at radius 1 is 1.16 bits per heavy atom. The highest BCUT2D eigenvalue weighted by atomic mass is 35.5. The predicted molar refractivity (Wildman–Crippen MR) is 106 cm³/mol. The second-order valence-corrected chi connectivity index (χ2v) is 7.32. The summed E-state index contributed by atoms with van der Waals surface area (Å²) in [6, 6.07) is 4.12. The van der Waals surface area contributed by atoms with Gasteiger partial charge in [-0.2, -0.15) is 13.2 Å². The number of carbonyl (C=O) groups excluding carboxylic acids is 3. The van der Waals surface area contributed by atoms with E-state index in [1.54, 1.807) is 13.8 Å². The van der Waals surface area contributed by atoms with Crippen LogP contribution in [0.3, 0.4) is 0 Å². The van der Waals surface area contributed by atoms with Crippen LogP contribution >= 0.6 is 11.6 Å². The van der Waals surface area contributed by atoms with Crippen molar-refractivity contribution in [2.75, 3.05) is 11.9 Å². The van der Waals surface area contributed by atoms with Crippen LogP contribution in [0.4, 0.5) is 23.4 Å². The first-order valence-electron chi connectivity index (χ1n) is 9.14. The lowest BCUT2D eigenvalue weighted by molar-refractivity contribution is -0.150. The molecule has 2 N–H and O–H groups in total. The van der Waals surface area contributed by atoms with Gasteiger partial charge in [0.2, 0.25) is 0 Å². The van der Waals surface area contributed by atoms with E-state index < -0.39 is 58.9 Å². The fraction of sp³-hybridized carbons (Fsp3) is 0.300. The minimum atomic E-state index is -4.65. The molecule has 0 aliphatic heterocycles. The Hall–Kier alpha value is -3.21. The molecule has 2 amide bonds. The number of hydrogen-bond acceptors (Lipinski definition) is 5. The highest BCUT2D eigenvalue weighted by Gasteiger charge is 2.32. The molecule has 0 aliphatic rings. The molecule has 0 saturated carbocycles. The predicted octanol–water partition coefficient (Wildman–Crippen LogP) is 3.83. The molecule has 0 unspecified atom stereocenters. The van der Waals surface area contributed by atoms with Crippen molar-refractivity contribution in [3.05, 3.63) is 58.5 Å². The van der Waals surface area contributed by atoms with Crippen LogP contribution in [-0.4, -0.2) is 35.4 Å². The van der Waals surface area contributed by atoms with Gasteiger partial charge >= 0.3 is 12.1 Å². The molecule has 12 heteroatoms. The Labute approximate surface area is 185 Å². The first-order valence-corrected chi connectivity index (χ1v) is 9.52. The van der Waals surface area contributed by atoms with Gasteiger partial charge < -0.3 is 15.4 Å². The number of nitrogens with zero attached hydrogens (tertiary/aromatic N) is 1. The normalized spacial score (nSPS) is 12.2. The van der Waals surface area contributed by atoms with E-state index in [1.807, 2.05) is 0 Å². The van der Waals surface area contributed by atoms with Gasteiger partial charge in [-0.05, 0) is 36.2 Å². The van der Waals surface area contributed by atoms with Crippen LogP contribution in [0.15, 0.2) is 36.5 Å². The number of halogens is 5. The molecule has 0 spiro atoms. The van der Waals surface area contributed by atoms with Crippen LogP contribution in [0.25, 0.3) is 0 Å². The number of aromatic nitrogens is 1. The first kappa shape index (κ1) is 25.1. The fourth-order valence-corrected chi connectivity index (χ4v) is 2.62. The van der Waals surface area contributed by atoms with Crippen LogP contribution in [-0.2, 0) is 20.5 Å². The number of ether oxygens (including phenoxy) is 1. The number of nitrogens with one attached hydrogen (secondary N) is 2. The second-order valence-electron chi connectivity index (χ2n) is 6.91. The summed E-state index contributed by atoms with van der Waals surface area (Å²) in [4.78, 5) is 40.0. The molecular weight excluding hydrogens is 458 g/mol. The zero-order chi connectivity index (χ0) is 24.1. The zero-order valence-electron chi connectivity index (χ0n) is 16.8. The van der Waals surface area contributed by atoms with E-state index in [1.165, 1.54) is 12.1 Å². The van der Waals surface area contributed by atoms with E-state index in [-0.39, 0.29) is 11.4 Å². The van der Waals surface area contributed by atoms with Crippen LogP contribution in [0.5, 0.6) is 0 Å². The lowest BCUT2D eigenvalue weighted by Crippen LogP contribution is -2.46. The molecule has 0 aliphatic carbocycles. The Balaban J connectivity index is 1.96. The van der Waals surface area contributed by atoms with Crippen LogP contribution in [0.1, 0.15) is 29.8 Å². The monoisotopic (exact) mass is 475 g/mol. The summed E-state index contributed by atoms with van der Waals surface area (Å²) in [7, 11) is 0. The number of rotatable bonds is 7. The lowest BCUT2D eigenvalue weighted by Gasteiger charge is -2.20. The third-order valence-electron chi connectivity index (χ3n) is 4.09. The Kier molecular flexibility index (Phi) is 8.14. The van der Waals surface area contributed by atoms with Crippen molar-refractivity contribution in [1.29, 1.82) is 0 Å². The smallest absolute Gasteiger partial charge is 0.417 e. The third kappa shape index (κ3) is 6.91. The van der Waals surface area contributed by atoms with Gasteiger partial charge in [0.15, 0.2) is 12.4 Å². The van der Waals surface area contributed by atoms with E-state index in [2.05, 4.69) is 15.6 Å². The van der Waals surface area contributed by atoms with Crippen molar-refractivity contribution in [2.45, 2.75) is 26.1 Å². The fourth-order valence-electron chi connectivity index (χ4n) is 2.40. The number of amides is 2. The van der Waals surface area contributed by atoms with E-state index >= 15 is 0 Å². The highest BCUT2D eigenvalue weighted by molar-refractivity contribution is 6.33. The van der Waals surface area contributed by atoms with E-state index in [9.17, 15) is 31.9 Å². The van der Waals surface area contributed by atoms with Crippen molar-refractivity contribution >= 4 is 35.2 Å². The molecule has 2 aromatic rings. The van der Waals surface area contributed by atoms with Gasteiger partial charge in [-0.1, -0.05) is 25.4 Å². The number of alkyl halides is 3. The summed E-state index contributed by atoms with van der Waals surface area (Å²) < 4.78 is 55.8. The molecule has 32 heavy (non-hydrogen) atoms. The molecule has 0 bridgehead atoms. The molecule has 1 atom stereocenters. The SMILES string of the molecule is CC(C)[C@H](NC(=O)c1ccc(F)cc1)C(=O)OCC(=O)Nc1ncc(C(F)(F)F)cc1Cl. The summed E-state index contributed by atoms with van der Waals surface area (Å²) >= 11 is 5.70. The number of esters is 1. The maximum atomic E-state index is 13.0. The zero-order valence-corrected chi connectivity index (χ0v) is 17.6. The van der Waals surface area contributed by atoms with Crippen molar-refractivity contribution < 1.29 is 36.7 Å². The van der Waals surface area contributed by atoms with Crippen LogP contribution < -0.4 is 10.6 Å². The van der Waals surface area contributed by atoms with E-state index in [0.717, 1.165) is 12.1 Å². The van der Waals surface area contributed by atoms with Gasteiger partial charge in [0, 0.05) is 11.8 Å². The van der Waals surface area contributed by atoms with E-state index in [4.69, 9.17) is 16.3 Å². The molecule has 0 radical (unpaired) electrons. The molecule has 0 saturated heterocycles. The molecule has 1 aromatic carbocycles. The average molecular weight is 476 g/mol. The molecule has 1 aromatic heterocycles. The summed E-state index contributed by atoms with van der Waals surface area (Å²) in [6.07, 6.45) is -4.16.